The van der Waals surface area contributed by atoms with E-state index in [2.05, 4.69) is 24.2 Å². The highest BCUT2D eigenvalue weighted by molar-refractivity contribution is 5.28. The topological polar surface area (TPSA) is 41.3 Å². The molecule has 21 heavy (non-hydrogen) atoms. The summed E-state index contributed by atoms with van der Waals surface area (Å²) in [6, 6.07) is 5.26. The number of hydrazine groups is 1. The van der Waals surface area contributed by atoms with Gasteiger partial charge in [-0.15, -0.1) is 0 Å². The molecule has 1 aliphatic heterocycles. The van der Waals surface area contributed by atoms with Gasteiger partial charge in [0.05, 0.1) is 6.04 Å². The van der Waals surface area contributed by atoms with Crippen molar-refractivity contribution in [1.29, 1.82) is 0 Å². The number of nitrogens with two attached hydrogens (primary N) is 1. The number of hydrogen-bond acceptors (Lipinski definition) is 3. The van der Waals surface area contributed by atoms with Gasteiger partial charge in [0.1, 0.15) is 5.82 Å². The number of aryl methyl sites for hydroxylation is 1. The lowest BCUT2D eigenvalue weighted by atomic mass is 9.86. The zero-order valence-corrected chi connectivity index (χ0v) is 13.5. The average Bonchev–Trinajstić information content (AvgIpc) is 2.73. The van der Waals surface area contributed by atoms with Crippen LogP contribution >= 0.6 is 0 Å². The number of likely N-dealkylation sites (tertiary alicyclic amines) is 1. The van der Waals surface area contributed by atoms with E-state index in [4.69, 9.17) is 5.84 Å². The molecule has 118 valence electrons. The fourth-order valence-corrected chi connectivity index (χ4v) is 3.39. The summed E-state index contributed by atoms with van der Waals surface area (Å²) >= 11 is 0. The summed E-state index contributed by atoms with van der Waals surface area (Å²) in [5.41, 5.74) is 4.56. The van der Waals surface area contributed by atoms with E-state index in [1.807, 2.05) is 12.1 Å². The second-order valence-corrected chi connectivity index (χ2v) is 6.66. The van der Waals surface area contributed by atoms with Crippen molar-refractivity contribution < 1.29 is 4.39 Å². The number of rotatable bonds is 4. The molecule has 0 radical (unpaired) electrons. The number of nitrogens with one attached hydrogen (secondary N) is 1. The molecular weight excluding hydrogens is 265 g/mol. The lowest BCUT2D eigenvalue weighted by Gasteiger charge is -2.44. The van der Waals surface area contributed by atoms with Gasteiger partial charge in [0.2, 0.25) is 0 Å². The van der Waals surface area contributed by atoms with E-state index >= 15 is 0 Å². The van der Waals surface area contributed by atoms with E-state index in [9.17, 15) is 4.39 Å². The molecule has 1 fully saturated rings. The molecule has 1 unspecified atom stereocenters. The lowest BCUT2D eigenvalue weighted by molar-refractivity contribution is 0.0834. The minimum atomic E-state index is -0.165. The van der Waals surface area contributed by atoms with E-state index in [0.29, 0.717) is 5.56 Å². The van der Waals surface area contributed by atoms with Gasteiger partial charge in [0, 0.05) is 5.54 Å². The molecule has 0 spiro atoms. The molecule has 0 saturated carbocycles. The van der Waals surface area contributed by atoms with E-state index in [0.717, 1.165) is 18.7 Å². The van der Waals surface area contributed by atoms with E-state index < -0.39 is 0 Å². The molecule has 4 heteroatoms. The molecule has 2 rings (SSSR count). The highest BCUT2D eigenvalue weighted by Crippen LogP contribution is 2.33. The first-order valence-electron chi connectivity index (χ1n) is 7.94. The predicted molar refractivity (Wildman–Crippen MR) is 85.3 cm³/mol. The highest BCUT2D eigenvalue weighted by Gasteiger charge is 2.36. The molecule has 1 heterocycles. The fraction of sp³-hybridized carbons (Fsp3) is 0.647. The standard InChI is InChI=1S/C17H28FN3/c1-13-12-14(8-9-15(13)18)16(20-19)17(2,3)21-10-6-4-5-7-11-21/h8-9,12,16,20H,4-7,10-11,19H2,1-3H3. The zero-order valence-electron chi connectivity index (χ0n) is 13.5. The minimum Gasteiger partial charge on any atom is -0.296 e. The van der Waals surface area contributed by atoms with Crippen LogP contribution in [0.15, 0.2) is 18.2 Å². The van der Waals surface area contributed by atoms with E-state index in [-0.39, 0.29) is 17.4 Å². The van der Waals surface area contributed by atoms with Crippen LogP contribution in [0.3, 0.4) is 0 Å². The van der Waals surface area contributed by atoms with Crippen LogP contribution in [0.5, 0.6) is 0 Å². The zero-order chi connectivity index (χ0) is 15.5. The Kier molecular flexibility index (Phi) is 5.36. The summed E-state index contributed by atoms with van der Waals surface area (Å²) < 4.78 is 13.5. The van der Waals surface area contributed by atoms with Crippen molar-refractivity contribution in [2.45, 2.75) is 58.0 Å². The number of hydrogen-bond donors (Lipinski definition) is 2. The Labute approximate surface area is 127 Å². The summed E-state index contributed by atoms with van der Waals surface area (Å²) in [5, 5.41) is 0. The maximum atomic E-state index is 13.5. The van der Waals surface area contributed by atoms with Crippen molar-refractivity contribution >= 4 is 0 Å². The van der Waals surface area contributed by atoms with Crippen LogP contribution in [0.2, 0.25) is 0 Å². The van der Waals surface area contributed by atoms with Crippen molar-refractivity contribution in [1.82, 2.24) is 10.3 Å². The first-order chi connectivity index (χ1) is 9.96. The molecule has 0 bridgehead atoms. The fourth-order valence-electron chi connectivity index (χ4n) is 3.39. The van der Waals surface area contributed by atoms with Crippen LogP contribution in [0.4, 0.5) is 4.39 Å². The second kappa shape index (κ2) is 6.86. The van der Waals surface area contributed by atoms with Crippen LogP contribution in [-0.4, -0.2) is 23.5 Å². The van der Waals surface area contributed by atoms with Crippen LogP contribution in [0.25, 0.3) is 0 Å². The third kappa shape index (κ3) is 3.62. The van der Waals surface area contributed by atoms with Gasteiger partial charge in [-0.3, -0.25) is 16.2 Å². The van der Waals surface area contributed by atoms with Gasteiger partial charge in [0.25, 0.3) is 0 Å². The lowest BCUT2D eigenvalue weighted by Crippen LogP contribution is -2.54. The molecule has 1 aromatic carbocycles. The number of halogens is 1. The Morgan fingerprint density at radius 2 is 1.81 bits per heavy atom. The van der Waals surface area contributed by atoms with Crippen molar-refractivity contribution in [2.24, 2.45) is 5.84 Å². The Hall–Kier alpha value is -0.970. The third-order valence-corrected chi connectivity index (χ3v) is 4.81. The Bertz CT molecular complexity index is 465. The minimum absolute atomic E-state index is 0.0186. The van der Waals surface area contributed by atoms with Crippen molar-refractivity contribution in [2.75, 3.05) is 13.1 Å². The molecule has 1 aliphatic rings. The smallest absolute Gasteiger partial charge is 0.126 e. The normalized spacial score (nSPS) is 19.3. The van der Waals surface area contributed by atoms with Gasteiger partial charge >= 0.3 is 0 Å². The number of nitrogens with zero attached hydrogens (tertiary/aromatic N) is 1. The predicted octanol–water partition coefficient (Wildman–Crippen LogP) is 3.29. The number of benzene rings is 1. The van der Waals surface area contributed by atoms with Crippen LogP contribution < -0.4 is 11.3 Å². The summed E-state index contributed by atoms with van der Waals surface area (Å²) in [6.07, 6.45) is 5.10. The maximum absolute atomic E-state index is 13.5. The molecule has 0 aliphatic carbocycles. The quantitative estimate of drug-likeness (QED) is 0.661. The Balaban J connectivity index is 2.26. The van der Waals surface area contributed by atoms with Crippen molar-refractivity contribution in [3.8, 4) is 0 Å². The largest absolute Gasteiger partial charge is 0.296 e. The van der Waals surface area contributed by atoms with Gasteiger partial charge in [-0.2, -0.15) is 0 Å². The summed E-state index contributed by atoms with van der Waals surface area (Å²) in [4.78, 5) is 2.52. The summed E-state index contributed by atoms with van der Waals surface area (Å²) in [7, 11) is 0. The van der Waals surface area contributed by atoms with Gasteiger partial charge in [-0.25, -0.2) is 4.39 Å². The van der Waals surface area contributed by atoms with Crippen LogP contribution in [0, 0.1) is 12.7 Å². The molecule has 1 saturated heterocycles. The average molecular weight is 293 g/mol. The van der Waals surface area contributed by atoms with Crippen LogP contribution in [0.1, 0.15) is 56.7 Å². The highest BCUT2D eigenvalue weighted by atomic mass is 19.1. The van der Waals surface area contributed by atoms with E-state index in [1.165, 1.54) is 31.7 Å². The summed E-state index contributed by atoms with van der Waals surface area (Å²) in [6.45, 7) is 8.45. The van der Waals surface area contributed by atoms with Crippen molar-refractivity contribution in [3.63, 3.8) is 0 Å². The molecule has 3 nitrogen and oxygen atoms in total. The van der Waals surface area contributed by atoms with E-state index in [1.54, 1.807) is 6.92 Å². The van der Waals surface area contributed by atoms with Gasteiger partial charge in [-0.05, 0) is 63.9 Å². The van der Waals surface area contributed by atoms with Gasteiger partial charge in [0.15, 0.2) is 0 Å². The molecule has 0 amide bonds. The Morgan fingerprint density at radius 1 is 1.19 bits per heavy atom. The second-order valence-electron chi connectivity index (χ2n) is 6.66. The monoisotopic (exact) mass is 293 g/mol. The maximum Gasteiger partial charge on any atom is 0.126 e. The Morgan fingerprint density at radius 3 is 2.33 bits per heavy atom. The molecular formula is C17H28FN3. The summed E-state index contributed by atoms with van der Waals surface area (Å²) in [5.74, 6) is 5.69. The molecule has 0 aromatic heterocycles. The first-order valence-corrected chi connectivity index (χ1v) is 7.94. The molecule has 3 N–H and O–H groups in total. The SMILES string of the molecule is Cc1cc(C(NN)C(C)(C)N2CCCCCC2)ccc1F. The van der Waals surface area contributed by atoms with Crippen LogP contribution in [-0.2, 0) is 0 Å². The first kappa shape index (κ1) is 16.4. The van der Waals surface area contributed by atoms with Crippen molar-refractivity contribution in [3.05, 3.63) is 35.1 Å². The van der Waals surface area contributed by atoms with Gasteiger partial charge < -0.3 is 0 Å². The molecule has 1 aromatic rings. The van der Waals surface area contributed by atoms with Gasteiger partial charge in [-0.1, -0.05) is 25.0 Å². The molecule has 1 atom stereocenters. The third-order valence-electron chi connectivity index (χ3n) is 4.81.